The van der Waals surface area contributed by atoms with Gasteiger partial charge in [-0.1, -0.05) is 19.1 Å². The molecule has 0 amide bonds. The van der Waals surface area contributed by atoms with Gasteiger partial charge in [0.15, 0.2) is 0 Å². The lowest BCUT2D eigenvalue weighted by Crippen LogP contribution is -2.10. The summed E-state index contributed by atoms with van der Waals surface area (Å²) in [5.41, 5.74) is 1.03. The number of hydrogen-bond acceptors (Lipinski definition) is 3. The van der Waals surface area contributed by atoms with Crippen molar-refractivity contribution in [1.82, 2.24) is 5.32 Å². The van der Waals surface area contributed by atoms with Crippen molar-refractivity contribution in [2.45, 2.75) is 13.5 Å². The van der Waals surface area contributed by atoms with Crippen LogP contribution in [0.5, 0.6) is 5.75 Å². The number of benzene rings is 1. The van der Waals surface area contributed by atoms with Crippen LogP contribution in [0.2, 0.25) is 0 Å². The van der Waals surface area contributed by atoms with Crippen molar-refractivity contribution in [3.05, 3.63) is 42.2 Å². The smallest absolute Gasteiger partial charge is 0.134 e. The van der Waals surface area contributed by atoms with Gasteiger partial charge < -0.3 is 14.5 Å². The highest BCUT2D eigenvalue weighted by atomic mass is 16.5. The Hall–Kier alpha value is -1.74. The van der Waals surface area contributed by atoms with Crippen LogP contribution in [0, 0.1) is 0 Å². The summed E-state index contributed by atoms with van der Waals surface area (Å²) < 4.78 is 10.9. The van der Waals surface area contributed by atoms with Gasteiger partial charge >= 0.3 is 0 Å². The van der Waals surface area contributed by atoms with Crippen LogP contribution in [0.25, 0.3) is 11.3 Å². The molecule has 1 heterocycles. The second kappa shape index (κ2) is 5.55. The zero-order valence-corrected chi connectivity index (χ0v) is 10.2. The summed E-state index contributed by atoms with van der Waals surface area (Å²) in [5.74, 6) is 2.66. The van der Waals surface area contributed by atoms with E-state index in [4.69, 9.17) is 9.15 Å². The Bertz CT molecular complexity index is 477. The molecule has 0 unspecified atom stereocenters. The largest absolute Gasteiger partial charge is 0.497 e. The number of hydrogen-bond donors (Lipinski definition) is 1. The van der Waals surface area contributed by atoms with Gasteiger partial charge in [0.25, 0.3) is 0 Å². The van der Waals surface area contributed by atoms with Crippen LogP contribution in [0.3, 0.4) is 0 Å². The predicted molar refractivity (Wildman–Crippen MR) is 68.1 cm³/mol. The summed E-state index contributed by atoms with van der Waals surface area (Å²) >= 11 is 0. The first-order chi connectivity index (χ1) is 8.33. The molecule has 0 aliphatic heterocycles. The molecule has 0 fully saturated rings. The van der Waals surface area contributed by atoms with E-state index >= 15 is 0 Å². The molecule has 0 bridgehead atoms. The molecule has 2 aromatic rings. The van der Waals surface area contributed by atoms with Crippen LogP contribution in [0.4, 0.5) is 0 Å². The molecule has 3 heteroatoms. The third kappa shape index (κ3) is 2.88. The van der Waals surface area contributed by atoms with Gasteiger partial charge in [-0.3, -0.25) is 0 Å². The molecule has 0 aliphatic rings. The van der Waals surface area contributed by atoms with E-state index in [1.807, 2.05) is 36.4 Å². The van der Waals surface area contributed by atoms with E-state index in [9.17, 15) is 0 Å². The molecule has 17 heavy (non-hydrogen) atoms. The Morgan fingerprint density at radius 2 is 2.12 bits per heavy atom. The molecule has 1 aromatic heterocycles. The minimum Gasteiger partial charge on any atom is -0.497 e. The summed E-state index contributed by atoms with van der Waals surface area (Å²) in [6, 6.07) is 11.8. The predicted octanol–water partition coefficient (Wildman–Crippen LogP) is 3.06. The average Bonchev–Trinajstić information content (AvgIpc) is 2.85. The number of nitrogens with one attached hydrogen (secondary N) is 1. The van der Waals surface area contributed by atoms with Crippen molar-refractivity contribution in [3.8, 4) is 17.1 Å². The van der Waals surface area contributed by atoms with Gasteiger partial charge in [-0.15, -0.1) is 0 Å². The van der Waals surface area contributed by atoms with E-state index in [0.29, 0.717) is 0 Å². The highest BCUT2D eigenvalue weighted by molar-refractivity contribution is 5.59. The van der Waals surface area contributed by atoms with Gasteiger partial charge in [0.2, 0.25) is 0 Å². The lowest BCUT2D eigenvalue weighted by atomic mass is 10.2. The summed E-state index contributed by atoms with van der Waals surface area (Å²) in [7, 11) is 1.66. The molecular formula is C14H17NO2. The van der Waals surface area contributed by atoms with Crippen molar-refractivity contribution in [3.63, 3.8) is 0 Å². The Kier molecular flexibility index (Phi) is 3.83. The van der Waals surface area contributed by atoms with Crippen molar-refractivity contribution < 1.29 is 9.15 Å². The highest BCUT2D eigenvalue weighted by Crippen LogP contribution is 2.25. The second-order valence-corrected chi connectivity index (χ2v) is 3.78. The summed E-state index contributed by atoms with van der Waals surface area (Å²) in [6.07, 6.45) is 0. The normalized spacial score (nSPS) is 10.5. The monoisotopic (exact) mass is 231 g/mol. The second-order valence-electron chi connectivity index (χ2n) is 3.78. The van der Waals surface area contributed by atoms with E-state index in [1.54, 1.807) is 7.11 Å². The quantitative estimate of drug-likeness (QED) is 0.858. The molecule has 0 radical (unpaired) electrons. The van der Waals surface area contributed by atoms with E-state index in [2.05, 4.69) is 12.2 Å². The van der Waals surface area contributed by atoms with E-state index in [1.165, 1.54) is 0 Å². The minimum atomic E-state index is 0.764. The fourth-order valence-corrected chi connectivity index (χ4v) is 1.65. The highest BCUT2D eigenvalue weighted by Gasteiger charge is 2.05. The van der Waals surface area contributed by atoms with Crippen LogP contribution in [-0.4, -0.2) is 13.7 Å². The molecular weight excluding hydrogens is 214 g/mol. The van der Waals surface area contributed by atoms with Crippen molar-refractivity contribution >= 4 is 0 Å². The summed E-state index contributed by atoms with van der Waals surface area (Å²) in [4.78, 5) is 0. The van der Waals surface area contributed by atoms with Crippen molar-refractivity contribution in [2.75, 3.05) is 13.7 Å². The average molecular weight is 231 g/mol. The van der Waals surface area contributed by atoms with E-state index < -0.39 is 0 Å². The molecule has 2 rings (SSSR count). The minimum absolute atomic E-state index is 0.764. The van der Waals surface area contributed by atoms with Gasteiger partial charge in [-0.25, -0.2) is 0 Å². The standard InChI is InChI=1S/C14H17NO2/c1-3-15-10-13-7-8-14(17-13)11-5-4-6-12(9-11)16-2/h4-9,15H,3,10H2,1-2H3. The third-order valence-corrected chi connectivity index (χ3v) is 2.57. The van der Waals surface area contributed by atoms with Gasteiger partial charge in [0, 0.05) is 5.56 Å². The first kappa shape index (κ1) is 11.7. The molecule has 1 N–H and O–H groups in total. The number of ether oxygens (including phenoxy) is 1. The molecule has 0 aliphatic carbocycles. The van der Waals surface area contributed by atoms with Crippen LogP contribution in [0.1, 0.15) is 12.7 Å². The fourth-order valence-electron chi connectivity index (χ4n) is 1.65. The van der Waals surface area contributed by atoms with E-state index in [-0.39, 0.29) is 0 Å². The van der Waals surface area contributed by atoms with Gasteiger partial charge in [0.05, 0.1) is 13.7 Å². The number of methoxy groups -OCH3 is 1. The molecule has 0 atom stereocenters. The maximum Gasteiger partial charge on any atom is 0.134 e. The first-order valence-corrected chi connectivity index (χ1v) is 5.77. The molecule has 90 valence electrons. The molecule has 3 nitrogen and oxygen atoms in total. The lowest BCUT2D eigenvalue weighted by molar-refractivity contribution is 0.414. The zero-order chi connectivity index (χ0) is 12.1. The number of furan rings is 1. The van der Waals surface area contributed by atoms with Gasteiger partial charge in [-0.2, -0.15) is 0 Å². The van der Waals surface area contributed by atoms with Gasteiger partial charge in [0.1, 0.15) is 17.3 Å². The maximum absolute atomic E-state index is 5.75. The summed E-state index contributed by atoms with van der Waals surface area (Å²) in [5, 5.41) is 3.23. The van der Waals surface area contributed by atoms with Gasteiger partial charge in [-0.05, 0) is 30.8 Å². The molecule has 0 spiro atoms. The Morgan fingerprint density at radius 1 is 1.24 bits per heavy atom. The van der Waals surface area contributed by atoms with Crippen LogP contribution in [0.15, 0.2) is 40.8 Å². The third-order valence-electron chi connectivity index (χ3n) is 2.57. The molecule has 1 aromatic carbocycles. The topological polar surface area (TPSA) is 34.4 Å². The van der Waals surface area contributed by atoms with Crippen LogP contribution in [-0.2, 0) is 6.54 Å². The molecule has 0 saturated heterocycles. The maximum atomic E-state index is 5.75. The summed E-state index contributed by atoms with van der Waals surface area (Å²) in [6.45, 7) is 3.78. The van der Waals surface area contributed by atoms with Crippen LogP contribution >= 0.6 is 0 Å². The SMILES string of the molecule is CCNCc1ccc(-c2cccc(OC)c2)o1. The Morgan fingerprint density at radius 3 is 2.88 bits per heavy atom. The first-order valence-electron chi connectivity index (χ1n) is 5.77. The number of rotatable bonds is 5. The Labute approximate surface area is 101 Å². The zero-order valence-electron chi connectivity index (χ0n) is 10.2. The van der Waals surface area contributed by atoms with E-state index in [0.717, 1.165) is 35.9 Å². The lowest BCUT2D eigenvalue weighted by Gasteiger charge is -2.02. The molecule has 0 saturated carbocycles. The van der Waals surface area contributed by atoms with Crippen molar-refractivity contribution in [1.29, 1.82) is 0 Å². The Balaban J connectivity index is 2.18. The van der Waals surface area contributed by atoms with Crippen LogP contribution < -0.4 is 10.1 Å². The van der Waals surface area contributed by atoms with Crippen molar-refractivity contribution in [2.24, 2.45) is 0 Å². The fraction of sp³-hybridized carbons (Fsp3) is 0.286.